The van der Waals surface area contributed by atoms with E-state index < -0.39 is 0 Å². The molecule has 0 saturated carbocycles. The molecule has 0 spiro atoms. The molecule has 1 fully saturated rings. The molecule has 1 rings (SSSR count). The first-order chi connectivity index (χ1) is 5.40. The molecule has 0 aliphatic carbocycles. The van der Waals surface area contributed by atoms with Gasteiger partial charge in [-0.25, -0.2) is 0 Å². The SMILES string of the molecule is CCCNC1C(C)(C)OC1(C)C. The molecular weight excluding hydrogens is 150 g/mol. The molecule has 12 heavy (non-hydrogen) atoms. The third-order valence-electron chi connectivity index (χ3n) is 2.51. The Labute approximate surface area is 75.7 Å². The van der Waals surface area contributed by atoms with Crippen molar-refractivity contribution in [2.24, 2.45) is 0 Å². The Kier molecular flexibility index (Phi) is 2.50. The maximum absolute atomic E-state index is 5.76. The fourth-order valence-electron chi connectivity index (χ4n) is 2.36. The molecule has 0 amide bonds. The van der Waals surface area contributed by atoms with Gasteiger partial charge in [-0.1, -0.05) is 6.92 Å². The second-order valence-electron chi connectivity index (χ2n) is 4.70. The van der Waals surface area contributed by atoms with Crippen molar-refractivity contribution in [1.29, 1.82) is 0 Å². The fraction of sp³-hybridized carbons (Fsp3) is 1.00. The summed E-state index contributed by atoms with van der Waals surface area (Å²) in [6, 6.07) is 0.491. The molecule has 0 unspecified atom stereocenters. The van der Waals surface area contributed by atoms with Crippen molar-refractivity contribution in [3.63, 3.8) is 0 Å². The first-order valence-corrected chi connectivity index (χ1v) is 4.83. The van der Waals surface area contributed by atoms with Crippen LogP contribution in [0.1, 0.15) is 41.0 Å². The van der Waals surface area contributed by atoms with Crippen LogP contribution in [-0.4, -0.2) is 23.8 Å². The molecule has 2 heteroatoms. The van der Waals surface area contributed by atoms with Gasteiger partial charge in [0.05, 0.1) is 17.2 Å². The zero-order valence-corrected chi connectivity index (χ0v) is 8.90. The highest BCUT2D eigenvalue weighted by Gasteiger charge is 2.54. The van der Waals surface area contributed by atoms with E-state index in [1.807, 2.05) is 0 Å². The Morgan fingerprint density at radius 3 is 2.00 bits per heavy atom. The Hall–Kier alpha value is -0.0800. The molecule has 1 N–H and O–H groups in total. The molecule has 0 radical (unpaired) electrons. The van der Waals surface area contributed by atoms with E-state index in [-0.39, 0.29) is 11.2 Å². The second kappa shape index (κ2) is 3.00. The number of hydrogen-bond donors (Lipinski definition) is 1. The van der Waals surface area contributed by atoms with Crippen LogP contribution in [0.3, 0.4) is 0 Å². The first kappa shape index (κ1) is 10.0. The van der Waals surface area contributed by atoms with Crippen LogP contribution in [0.2, 0.25) is 0 Å². The van der Waals surface area contributed by atoms with Crippen LogP contribution in [0.4, 0.5) is 0 Å². The fourth-order valence-corrected chi connectivity index (χ4v) is 2.36. The number of hydrogen-bond acceptors (Lipinski definition) is 2. The number of rotatable bonds is 3. The molecule has 0 atom stereocenters. The van der Waals surface area contributed by atoms with Crippen molar-refractivity contribution < 1.29 is 4.74 Å². The third kappa shape index (κ3) is 1.64. The molecular formula is C10H21NO. The lowest BCUT2D eigenvalue weighted by Gasteiger charge is -2.57. The number of nitrogens with one attached hydrogen (secondary N) is 1. The standard InChI is InChI=1S/C10H21NO/c1-6-7-11-8-9(2,3)12-10(8,4)5/h8,11H,6-7H2,1-5H3. The van der Waals surface area contributed by atoms with Gasteiger partial charge >= 0.3 is 0 Å². The van der Waals surface area contributed by atoms with Crippen LogP contribution in [0.15, 0.2) is 0 Å². The predicted octanol–water partition coefficient (Wildman–Crippen LogP) is 1.94. The maximum Gasteiger partial charge on any atom is 0.0814 e. The number of ether oxygens (including phenoxy) is 1. The molecule has 1 aliphatic rings. The molecule has 72 valence electrons. The average Bonchev–Trinajstić information content (AvgIpc) is 1.84. The summed E-state index contributed by atoms with van der Waals surface area (Å²) in [5, 5.41) is 3.52. The highest BCUT2D eigenvalue weighted by atomic mass is 16.6. The molecule has 2 nitrogen and oxygen atoms in total. The van der Waals surface area contributed by atoms with Gasteiger partial charge < -0.3 is 10.1 Å². The van der Waals surface area contributed by atoms with Crippen LogP contribution in [0.5, 0.6) is 0 Å². The van der Waals surface area contributed by atoms with Gasteiger partial charge in [0.1, 0.15) is 0 Å². The van der Waals surface area contributed by atoms with E-state index in [2.05, 4.69) is 39.9 Å². The first-order valence-electron chi connectivity index (χ1n) is 4.83. The smallest absolute Gasteiger partial charge is 0.0814 e. The van der Waals surface area contributed by atoms with Crippen LogP contribution >= 0.6 is 0 Å². The quantitative estimate of drug-likeness (QED) is 0.700. The minimum atomic E-state index is 0.0126. The van der Waals surface area contributed by atoms with E-state index in [9.17, 15) is 0 Å². The van der Waals surface area contributed by atoms with Crippen LogP contribution in [-0.2, 0) is 4.74 Å². The molecule has 0 aromatic rings. The van der Waals surface area contributed by atoms with Crippen molar-refractivity contribution in [2.75, 3.05) is 6.54 Å². The molecule has 1 aliphatic heterocycles. The van der Waals surface area contributed by atoms with Crippen molar-refractivity contribution >= 4 is 0 Å². The van der Waals surface area contributed by atoms with Crippen molar-refractivity contribution in [2.45, 2.75) is 58.3 Å². The summed E-state index contributed by atoms with van der Waals surface area (Å²) in [6.45, 7) is 11.8. The highest BCUT2D eigenvalue weighted by molar-refractivity contribution is 5.07. The van der Waals surface area contributed by atoms with Gasteiger partial charge in [0.15, 0.2) is 0 Å². The Morgan fingerprint density at radius 1 is 1.17 bits per heavy atom. The zero-order valence-electron chi connectivity index (χ0n) is 8.90. The Morgan fingerprint density at radius 2 is 1.67 bits per heavy atom. The van der Waals surface area contributed by atoms with Crippen LogP contribution < -0.4 is 5.32 Å². The minimum Gasteiger partial charge on any atom is -0.366 e. The topological polar surface area (TPSA) is 21.3 Å². The summed E-state index contributed by atoms with van der Waals surface area (Å²) in [5.74, 6) is 0. The summed E-state index contributed by atoms with van der Waals surface area (Å²) < 4.78 is 5.76. The minimum absolute atomic E-state index is 0.0126. The van der Waals surface area contributed by atoms with E-state index in [0.29, 0.717) is 6.04 Å². The van der Waals surface area contributed by atoms with E-state index in [1.54, 1.807) is 0 Å². The van der Waals surface area contributed by atoms with Gasteiger partial charge in [-0.3, -0.25) is 0 Å². The summed E-state index contributed by atoms with van der Waals surface area (Å²) in [7, 11) is 0. The lowest BCUT2D eigenvalue weighted by Crippen LogP contribution is -2.72. The van der Waals surface area contributed by atoms with E-state index in [0.717, 1.165) is 6.54 Å². The van der Waals surface area contributed by atoms with Crippen LogP contribution in [0.25, 0.3) is 0 Å². The monoisotopic (exact) mass is 171 g/mol. The second-order valence-corrected chi connectivity index (χ2v) is 4.70. The lowest BCUT2D eigenvalue weighted by molar-refractivity contribution is -0.265. The summed E-state index contributed by atoms with van der Waals surface area (Å²) >= 11 is 0. The lowest BCUT2D eigenvalue weighted by atomic mass is 9.78. The molecule has 0 bridgehead atoms. The van der Waals surface area contributed by atoms with Crippen molar-refractivity contribution in [1.82, 2.24) is 5.32 Å². The van der Waals surface area contributed by atoms with Gasteiger partial charge in [-0.2, -0.15) is 0 Å². The van der Waals surface area contributed by atoms with Crippen molar-refractivity contribution in [3.8, 4) is 0 Å². The van der Waals surface area contributed by atoms with Gasteiger partial charge in [0.25, 0.3) is 0 Å². The molecule has 0 aromatic carbocycles. The Bertz CT molecular complexity index is 149. The third-order valence-corrected chi connectivity index (χ3v) is 2.51. The summed E-state index contributed by atoms with van der Waals surface area (Å²) in [4.78, 5) is 0. The summed E-state index contributed by atoms with van der Waals surface area (Å²) in [6.07, 6.45) is 1.18. The maximum atomic E-state index is 5.76. The zero-order chi connectivity index (χ0) is 9.41. The molecule has 1 heterocycles. The summed E-state index contributed by atoms with van der Waals surface area (Å²) in [5.41, 5.74) is 0.0251. The van der Waals surface area contributed by atoms with E-state index in [4.69, 9.17) is 4.74 Å². The Balaban J connectivity index is 2.48. The largest absolute Gasteiger partial charge is 0.366 e. The van der Waals surface area contributed by atoms with Gasteiger partial charge in [-0.15, -0.1) is 0 Å². The molecule has 1 saturated heterocycles. The molecule has 0 aromatic heterocycles. The highest BCUT2D eigenvalue weighted by Crippen LogP contribution is 2.40. The van der Waals surface area contributed by atoms with E-state index in [1.165, 1.54) is 6.42 Å². The predicted molar refractivity (Wildman–Crippen MR) is 51.3 cm³/mol. The van der Waals surface area contributed by atoms with E-state index >= 15 is 0 Å². The van der Waals surface area contributed by atoms with Crippen molar-refractivity contribution in [3.05, 3.63) is 0 Å². The van der Waals surface area contributed by atoms with Gasteiger partial charge in [-0.05, 0) is 40.7 Å². The van der Waals surface area contributed by atoms with Crippen LogP contribution in [0, 0.1) is 0 Å². The van der Waals surface area contributed by atoms with Gasteiger partial charge in [0.2, 0.25) is 0 Å². The average molecular weight is 171 g/mol. The normalized spacial score (nSPS) is 26.8. The van der Waals surface area contributed by atoms with Gasteiger partial charge in [0, 0.05) is 0 Å².